The molecule has 0 aliphatic rings. The zero-order chi connectivity index (χ0) is 17.8. The third-order valence-electron chi connectivity index (χ3n) is 4.84. The topological polar surface area (TPSA) is 76.7 Å². The van der Waals surface area contributed by atoms with Crippen LogP contribution in [0.15, 0.2) is 42.7 Å². The van der Waals surface area contributed by atoms with E-state index in [9.17, 15) is 4.79 Å². The van der Waals surface area contributed by atoms with E-state index in [4.69, 9.17) is 5.73 Å². The van der Waals surface area contributed by atoms with Crippen molar-refractivity contribution in [3.05, 3.63) is 42.7 Å². The smallest absolute Gasteiger partial charge is 0.240 e. The second-order valence-corrected chi connectivity index (χ2v) is 6.75. The highest BCUT2D eigenvalue weighted by molar-refractivity contribution is 5.83. The van der Waals surface area contributed by atoms with E-state index in [2.05, 4.69) is 29.9 Å². The molecule has 25 heavy (non-hydrogen) atoms. The Bertz CT molecular complexity index is 815. The van der Waals surface area contributed by atoms with Gasteiger partial charge in [-0.15, -0.1) is 0 Å². The number of aromatic nitrogens is 3. The Morgan fingerprint density at radius 3 is 2.88 bits per heavy atom. The van der Waals surface area contributed by atoms with Gasteiger partial charge in [0.05, 0.1) is 11.4 Å². The summed E-state index contributed by atoms with van der Waals surface area (Å²) in [7, 11) is 0. The van der Waals surface area contributed by atoms with Gasteiger partial charge in [-0.3, -0.25) is 4.79 Å². The molecular formula is C20H26N4O. The Kier molecular flexibility index (Phi) is 5.22. The SMILES string of the molecule is CCCCCC(C)C(C(N)=O)n1cccc1-c1cc2cccnc2[nH]1. The van der Waals surface area contributed by atoms with Gasteiger partial charge in [0.15, 0.2) is 0 Å². The fourth-order valence-electron chi connectivity index (χ4n) is 3.53. The largest absolute Gasteiger partial charge is 0.368 e. The van der Waals surface area contributed by atoms with Gasteiger partial charge in [0.1, 0.15) is 11.7 Å². The lowest BCUT2D eigenvalue weighted by Gasteiger charge is -2.24. The van der Waals surface area contributed by atoms with Gasteiger partial charge in [0.2, 0.25) is 5.91 Å². The first-order valence-electron chi connectivity index (χ1n) is 9.02. The maximum atomic E-state index is 12.2. The zero-order valence-electron chi connectivity index (χ0n) is 14.9. The van der Waals surface area contributed by atoms with E-state index < -0.39 is 0 Å². The molecule has 3 heterocycles. The molecule has 0 aliphatic carbocycles. The lowest BCUT2D eigenvalue weighted by molar-refractivity contribution is -0.122. The predicted octanol–water partition coefficient (Wildman–Crippen LogP) is 4.27. The van der Waals surface area contributed by atoms with Gasteiger partial charge in [-0.1, -0.05) is 33.1 Å². The predicted molar refractivity (Wildman–Crippen MR) is 101 cm³/mol. The molecule has 3 aromatic rings. The molecule has 0 aliphatic heterocycles. The number of aromatic amines is 1. The molecule has 1 amide bonds. The summed E-state index contributed by atoms with van der Waals surface area (Å²) in [4.78, 5) is 19.9. The first-order valence-corrected chi connectivity index (χ1v) is 9.02. The highest BCUT2D eigenvalue weighted by atomic mass is 16.1. The highest BCUT2D eigenvalue weighted by Gasteiger charge is 2.26. The number of primary amides is 1. The van der Waals surface area contributed by atoms with Crippen LogP contribution in [0.5, 0.6) is 0 Å². The van der Waals surface area contributed by atoms with Gasteiger partial charge >= 0.3 is 0 Å². The number of unbranched alkanes of at least 4 members (excludes halogenated alkanes) is 2. The molecule has 2 unspecified atom stereocenters. The number of pyridine rings is 1. The van der Waals surface area contributed by atoms with E-state index in [0.717, 1.165) is 35.3 Å². The lowest BCUT2D eigenvalue weighted by atomic mass is 9.94. The van der Waals surface area contributed by atoms with Gasteiger partial charge in [0.25, 0.3) is 0 Å². The van der Waals surface area contributed by atoms with E-state index in [1.165, 1.54) is 12.8 Å². The van der Waals surface area contributed by atoms with Crippen LogP contribution < -0.4 is 5.73 Å². The van der Waals surface area contributed by atoms with Gasteiger partial charge in [-0.2, -0.15) is 0 Å². The van der Waals surface area contributed by atoms with Crippen molar-refractivity contribution in [3.63, 3.8) is 0 Å². The second kappa shape index (κ2) is 7.55. The molecule has 2 atom stereocenters. The highest BCUT2D eigenvalue weighted by Crippen LogP contribution is 2.31. The van der Waals surface area contributed by atoms with Crippen LogP contribution in [0, 0.1) is 5.92 Å². The minimum absolute atomic E-state index is 0.192. The number of hydrogen-bond acceptors (Lipinski definition) is 2. The van der Waals surface area contributed by atoms with Crippen LogP contribution in [0.2, 0.25) is 0 Å². The molecule has 0 aromatic carbocycles. The number of hydrogen-bond donors (Lipinski definition) is 2. The fourth-order valence-corrected chi connectivity index (χ4v) is 3.53. The third-order valence-corrected chi connectivity index (χ3v) is 4.84. The third kappa shape index (κ3) is 3.60. The van der Waals surface area contributed by atoms with E-state index in [1.54, 1.807) is 6.20 Å². The summed E-state index contributed by atoms with van der Waals surface area (Å²) in [6, 6.07) is 9.63. The van der Waals surface area contributed by atoms with Crippen molar-refractivity contribution in [1.29, 1.82) is 0 Å². The van der Waals surface area contributed by atoms with Crippen LogP contribution in [-0.4, -0.2) is 20.4 Å². The molecule has 0 bridgehead atoms. The minimum atomic E-state index is -0.346. The van der Waals surface area contributed by atoms with Gasteiger partial charge < -0.3 is 15.3 Å². The molecule has 132 valence electrons. The van der Waals surface area contributed by atoms with Crippen molar-refractivity contribution in [2.45, 2.75) is 45.6 Å². The normalized spacial score (nSPS) is 13.8. The summed E-state index contributed by atoms with van der Waals surface area (Å²) in [6.45, 7) is 4.30. The molecule has 0 radical (unpaired) electrons. The van der Waals surface area contributed by atoms with Crippen LogP contribution in [0.1, 0.15) is 45.6 Å². The van der Waals surface area contributed by atoms with E-state index in [-0.39, 0.29) is 17.9 Å². The van der Waals surface area contributed by atoms with Gasteiger partial charge in [0, 0.05) is 17.8 Å². The van der Waals surface area contributed by atoms with E-state index >= 15 is 0 Å². The summed E-state index contributed by atoms with van der Waals surface area (Å²) in [5.41, 5.74) is 8.53. The van der Waals surface area contributed by atoms with Crippen molar-refractivity contribution in [2.75, 3.05) is 0 Å². The molecule has 3 N–H and O–H groups in total. The number of rotatable bonds is 8. The Balaban J connectivity index is 1.93. The molecule has 3 rings (SSSR count). The average Bonchev–Trinajstić information content (AvgIpc) is 3.21. The lowest BCUT2D eigenvalue weighted by Crippen LogP contribution is -2.31. The number of carbonyl (C=O) groups excluding carboxylic acids is 1. The Morgan fingerprint density at radius 2 is 2.16 bits per heavy atom. The molecular weight excluding hydrogens is 312 g/mol. The summed E-state index contributed by atoms with van der Waals surface area (Å²) >= 11 is 0. The quantitative estimate of drug-likeness (QED) is 0.602. The molecule has 0 saturated carbocycles. The van der Waals surface area contributed by atoms with Crippen LogP contribution in [0.25, 0.3) is 22.4 Å². The number of nitrogens with zero attached hydrogens (tertiary/aromatic N) is 2. The number of amides is 1. The number of nitrogens with one attached hydrogen (secondary N) is 1. The fraction of sp³-hybridized carbons (Fsp3) is 0.400. The Labute approximate surface area is 148 Å². The first kappa shape index (κ1) is 17.3. The minimum Gasteiger partial charge on any atom is -0.368 e. The number of H-pyrrole nitrogens is 1. The molecule has 0 saturated heterocycles. The van der Waals surface area contributed by atoms with Crippen molar-refractivity contribution in [3.8, 4) is 11.4 Å². The standard InChI is InChI=1S/C20H26N4O/c1-3-4-5-8-14(2)18(19(21)25)24-12-7-10-17(24)16-13-15-9-6-11-22-20(15)23-16/h6-7,9-14,18H,3-5,8H2,1-2H3,(H2,21,25)(H,22,23). The summed E-state index contributed by atoms with van der Waals surface area (Å²) < 4.78 is 2.00. The summed E-state index contributed by atoms with van der Waals surface area (Å²) in [5, 5.41) is 1.05. The summed E-state index contributed by atoms with van der Waals surface area (Å²) in [5.74, 6) is -0.0895. The average molecular weight is 338 g/mol. The van der Waals surface area contributed by atoms with E-state index in [0.29, 0.717) is 0 Å². The van der Waals surface area contributed by atoms with Crippen molar-refractivity contribution in [1.82, 2.24) is 14.5 Å². The molecule has 0 fully saturated rings. The number of nitrogens with two attached hydrogens (primary N) is 1. The second-order valence-electron chi connectivity index (χ2n) is 6.75. The molecule has 5 heteroatoms. The van der Waals surface area contributed by atoms with Crippen molar-refractivity contribution < 1.29 is 4.79 Å². The van der Waals surface area contributed by atoms with Gasteiger partial charge in [-0.05, 0) is 42.7 Å². The molecule has 5 nitrogen and oxygen atoms in total. The first-order chi connectivity index (χ1) is 12.1. The van der Waals surface area contributed by atoms with Crippen molar-refractivity contribution in [2.24, 2.45) is 11.7 Å². The maximum absolute atomic E-state index is 12.2. The van der Waals surface area contributed by atoms with Crippen LogP contribution in [-0.2, 0) is 4.79 Å². The van der Waals surface area contributed by atoms with Crippen LogP contribution in [0.3, 0.4) is 0 Å². The monoisotopic (exact) mass is 338 g/mol. The number of carbonyl (C=O) groups is 1. The van der Waals surface area contributed by atoms with Gasteiger partial charge in [-0.25, -0.2) is 4.98 Å². The zero-order valence-corrected chi connectivity index (χ0v) is 14.9. The number of fused-ring (bicyclic) bond motifs is 1. The van der Waals surface area contributed by atoms with Crippen LogP contribution in [0.4, 0.5) is 0 Å². The Morgan fingerprint density at radius 1 is 1.32 bits per heavy atom. The van der Waals surface area contributed by atoms with Crippen molar-refractivity contribution >= 4 is 16.9 Å². The Hall–Kier alpha value is -2.56. The molecule has 3 aromatic heterocycles. The molecule has 0 spiro atoms. The summed E-state index contributed by atoms with van der Waals surface area (Å²) in [6.07, 6.45) is 8.18. The van der Waals surface area contributed by atoms with E-state index in [1.807, 2.05) is 35.0 Å². The maximum Gasteiger partial charge on any atom is 0.240 e. The van der Waals surface area contributed by atoms with Crippen LogP contribution >= 0.6 is 0 Å².